The molecule has 3 aromatic carbocycles. The van der Waals surface area contributed by atoms with Crippen LogP contribution in [-0.4, -0.2) is 4.57 Å². The van der Waals surface area contributed by atoms with Crippen molar-refractivity contribution < 1.29 is 0 Å². The maximum Gasteiger partial charge on any atom is 0.190 e. The highest BCUT2D eigenvalue weighted by Gasteiger charge is 2.12. The molecule has 0 aliphatic carbocycles. The van der Waals surface area contributed by atoms with Crippen LogP contribution in [0, 0.1) is 0 Å². The van der Waals surface area contributed by atoms with Crippen LogP contribution in [0.4, 0.5) is 0 Å². The van der Waals surface area contributed by atoms with Gasteiger partial charge in [-0.1, -0.05) is 54.1 Å². The molecular formula is C21H14ClNO. The number of rotatable bonds is 2. The fourth-order valence-corrected chi connectivity index (χ4v) is 3.18. The minimum Gasteiger partial charge on any atom is -0.309 e. The predicted octanol–water partition coefficient (Wildman–Crippen LogP) is 5.31. The summed E-state index contributed by atoms with van der Waals surface area (Å²) in [7, 11) is 0. The van der Waals surface area contributed by atoms with Crippen molar-refractivity contribution in [3.05, 3.63) is 100 Å². The molecule has 0 N–H and O–H groups in total. The third-order valence-corrected chi connectivity index (χ3v) is 4.29. The van der Waals surface area contributed by atoms with Crippen molar-refractivity contribution in [1.29, 1.82) is 0 Å². The SMILES string of the molecule is O=c1cc(-c2cccc(Cl)c2)n(-c2ccccc2)c2ccccc12. The van der Waals surface area contributed by atoms with Gasteiger partial charge in [0.2, 0.25) is 0 Å². The Bertz CT molecular complexity index is 1080. The molecule has 116 valence electrons. The third-order valence-electron chi connectivity index (χ3n) is 4.05. The van der Waals surface area contributed by atoms with E-state index in [0.29, 0.717) is 10.4 Å². The molecule has 0 fully saturated rings. The number of fused-ring (bicyclic) bond motifs is 1. The molecule has 0 bridgehead atoms. The maximum absolute atomic E-state index is 12.6. The van der Waals surface area contributed by atoms with Gasteiger partial charge in [0.25, 0.3) is 0 Å². The van der Waals surface area contributed by atoms with Crippen molar-refractivity contribution in [2.75, 3.05) is 0 Å². The Labute approximate surface area is 144 Å². The first-order chi connectivity index (χ1) is 11.7. The standard InChI is InChI=1S/C21H14ClNO/c22-16-8-6-7-15(13-16)20-14-21(24)18-11-4-5-12-19(18)23(20)17-9-2-1-3-10-17/h1-14H. The second-order valence-corrected chi connectivity index (χ2v) is 6.03. The van der Waals surface area contributed by atoms with E-state index in [1.807, 2.05) is 78.9 Å². The molecule has 0 aliphatic rings. The highest BCUT2D eigenvalue weighted by atomic mass is 35.5. The first kappa shape index (κ1) is 14.7. The second kappa shape index (κ2) is 5.99. The van der Waals surface area contributed by atoms with Crippen molar-refractivity contribution in [1.82, 2.24) is 4.57 Å². The van der Waals surface area contributed by atoms with Gasteiger partial charge in [-0.3, -0.25) is 4.79 Å². The van der Waals surface area contributed by atoms with E-state index in [9.17, 15) is 4.79 Å². The summed E-state index contributed by atoms with van der Waals surface area (Å²) in [4.78, 5) is 12.6. The Morgan fingerprint density at radius 2 is 1.50 bits per heavy atom. The van der Waals surface area contributed by atoms with Crippen LogP contribution in [0.2, 0.25) is 5.02 Å². The van der Waals surface area contributed by atoms with Crippen LogP contribution in [0.15, 0.2) is 89.7 Å². The lowest BCUT2D eigenvalue weighted by Gasteiger charge is -2.17. The molecule has 0 amide bonds. The van der Waals surface area contributed by atoms with Crippen LogP contribution in [0.1, 0.15) is 0 Å². The Kier molecular flexibility index (Phi) is 3.68. The summed E-state index contributed by atoms with van der Waals surface area (Å²) >= 11 is 6.16. The molecule has 2 nitrogen and oxygen atoms in total. The van der Waals surface area contributed by atoms with E-state index in [4.69, 9.17) is 11.6 Å². The normalized spacial score (nSPS) is 10.9. The van der Waals surface area contributed by atoms with Crippen LogP contribution in [-0.2, 0) is 0 Å². The molecule has 1 aromatic heterocycles. The lowest BCUT2D eigenvalue weighted by atomic mass is 10.1. The summed E-state index contributed by atoms with van der Waals surface area (Å²) in [5.74, 6) is 0. The quantitative estimate of drug-likeness (QED) is 0.488. The Hall–Kier alpha value is -2.84. The van der Waals surface area contributed by atoms with Crippen LogP contribution in [0.3, 0.4) is 0 Å². The van der Waals surface area contributed by atoms with Gasteiger partial charge in [-0.15, -0.1) is 0 Å². The van der Waals surface area contributed by atoms with Crippen molar-refractivity contribution >= 4 is 22.5 Å². The highest BCUT2D eigenvalue weighted by Crippen LogP contribution is 2.28. The summed E-state index contributed by atoms with van der Waals surface area (Å²) in [5.41, 5.74) is 3.63. The smallest absolute Gasteiger partial charge is 0.190 e. The van der Waals surface area contributed by atoms with Crippen molar-refractivity contribution in [2.24, 2.45) is 0 Å². The zero-order valence-corrected chi connectivity index (χ0v) is 13.6. The van der Waals surface area contributed by atoms with Gasteiger partial charge >= 0.3 is 0 Å². The monoisotopic (exact) mass is 331 g/mol. The topological polar surface area (TPSA) is 22.0 Å². The van der Waals surface area contributed by atoms with E-state index in [1.165, 1.54) is 0 Å². The van der Waals surface area contributed by atoms with E-state index >= 15 is 0 Å². The molecule has 4 aromatic rings. The summed E-state index contributed by atoms with van der Waals surface area (Å²) in [6, 6.07) is 26.9. The highest BCUT2D eigenvalue weighted by molar-refractivity contribution is 6.30. The van der Waals surface area contributed by atoms with Gasteiger partial charge in [-0.05, 0) is 36.4 Å². The molecular weight excluding hydrogens is 318 g/mol. The van der Waals surface area contributed by atoms with Crippen LogP contribution < -0.4 is 5.43 Å². The van der Waals surface area contributed by atoms with Gasteiger partial charge in [0.05, 0.1) is 11.2 Å². The van der Waals surface area contributed by atoms with Gasteiger partial charge in [0.1, 0.15) is 0 Å². The summed E-state index contributed by atoms with van der Waals surface area (Å²) in [5, 5.41) is 1.35. The zero-order valence-electron chi connectivity index (χ0n) is 12.8. The van der Waals surface area contributed by atoms with Gasteiger partial charge in [-0.25, -0.2) is 0 Å². The Balaban J connectivity index is 2.15. The average molecular weight is 332 g/mol. The number of pyridine rings is 1. The van der Waals surface area contributed by atoms with E-state index in [2.05, 4.69) is 4.57 Å². The minimum atomic E-state index is 0.00718. The summed E-state index contributed by atoms with van der Waals surface area (Å²) < 4.78 is 2.10. The van der Waals surface area contributed by atoms with Crippen molar-refractivity contribution in [2.45, 2.75) is 0 Å². The van der Waals surface area contributed by atoms with Gasteiger partial charge in [0, 0.05) is 27.7 Å². The minimum absolute atomic E-state index is 0.00718. The fraction of sp³-hybridized carbons (Fsp3) is 0. The van der Waals surface area contributed by atoms with Gasteiger partial charge in [0.15, 0.2) is 5.43 Å². The Morgan fingerprint density at radius 1 is 0.750 bits per heavy atom. The van der Waals surface area contributed by atoms with E-state index < -0.39 is 0 Å². The third kappa shape index (κ3) is 2.51. The lowest BCUT2D eigenvalue weighted by molar-refractivity contribution is 1.11. The summed E-state index contributed by atoms with van der Waals surface area (Å²) in [6.45, 7) is 0. The zero-order chi connectivity index (χ0) is 16.5. The van der Waals surface area contributed by atoms with Crippen molar-refractivity contribution in [3.8, 4) is 16.9 Å². The second-order valence-electron chi connectivity index (χ2n) is 5.59. The fourth-order valence-electron chi connectivity index (χ4n) is 2.99. The van der Waals surface area contributed by atoms with E-state index in [1.54, 1.807) is 6.07 Å². The number of nitrogens with zero attached hydrogens (tertiary/aromatic N) is 1. The summed E-state index contributed by atoms with van der Waals surface area (Å²) in [6.07, 6.45) is 0. The average Bonchev–Trinajstić information content (AvgIpc) is 2.62. The molecule has 0 spiro atoms. The molecule has 0 atom stereocenters. The van der Waals surface area contributed by atoms with Crippen LogP contribution in [0.5, 0.6) is 0 Å². The molecule has 1 heterocycles. The Morgan fingerprint density at radius 3 is 2.29 bits per heavy atom. The molecule has 4 rings (SSSR count). The first-order valence-corrected chi connectivity index (χ1v) is 8.08. The van der Waals surface area contributed by atoms with Crippen LogP contribution in [0.25, 0.3) is 27.8 Å². The molecule has 0 saturated carbocycles. The molecule has 0 radical (unpaired) electrons. The van der Waals surface area contributed by atoms with Crippen molar-refractivity contribution in [3.63, 3.8) is 0 Å². The number of hydrogen-bond acceptors (Lipinski definition) is 1. The number of aromatic nitrogens is 1. The maximum atomic E-state index is 12.6. The van der Waals surface area contributed by atoms with Gasteiger partial charge < -0.3 is 4.57 Å². The number of halogens is 1. The van der Waals surface area contributed by atoms with E-state index in [-0.39, 0.29) is 5.43 Å². The molecule has 0 aliphatic heterocycles. The van der Waals surface area contributed by atoms with Crippen LogP contribution >= 0.6 is 11.6 Å². The largest absolute Gasteiger partial charge is 0.309 e. The number of para-hydroxylation sites is 2. The van der Waals surface area contributed by atoms with Gasteiger partial charge in [-0.2, -0.15) is 0 Å². The van der Waals surface area contributed by atoms with E-state index in [0.717, 1.165) is 22.5 Å². The lowest BCUT2D eigenvalue weighted by Crippen LogP contribution is -2.10. The number of hydrogen-bond donors (Lipinski definition) is 0. The molecule has 3 heteroatoms. The number of benzene rings is 3. The molecule has 0 unspecified atom stereocenters. The molecule has 24 heavy (non-hydrogen) atoms. The first-order valence-electron chi connectivity index (χ1n) is 7.70. The predicted molar refractivity (Wildman–Crippen MR) is 100.0 cm³/mol. The molecule has 0 saturated heterocycles.